The van der Waals surface area contributed by atoms with Crippen molar-refractivity contribution in [3.63, 3.8) is 0 Å². The van der Waals surface area contributed by atoms with Crippen molar-refractivity contribution in [1.82, 2.24) is 14.8 Å². The lowest BCUT2D eigenvalue weighted by Crippen LogP contribution is -2.16. The minimum absolute atomic E-state index is 0.0594. The van der Waals surface area contributed by atoms with Gasteiger partial charge in [0.25, 0.3) is 0 Å². The second-order valence-electron chi connectivity index (χ2n) is 8.29. The van der Waals surface area contributed by atoms with E-state index in [1.165, 1.54) is 35.5 Å². The van der Waals surface area contributed by atoms with Crippen LogP contribution >= 0.6 is 11.8 Å². The average molecular weight is 474 g/mol. The molecule has 2 aromatic carbocycles. The van der Waals surface area contributed by atoms with Crippen molar-refractivity contribution >= 4 is 33.4 Å². The van der Waals surface area contributed by atoms with Crippen LogP contribution in [0.2, 0.25) is 0 Å². The Morgan fingerprint density at radius 3 is 2.41 bits per heavy atom. The first-order chi connectivity index (χ1) is 15.0. The number of aromatic nitrogens is 3. The molecule has 1 heterocycles. The summed E-state index contributed by atoms with van der Waals surface area (Å²) in [6.45, 7) is 9.16. The van der Waals surface area contributed by atoms with E-state index in [-0.39, 0.29) is 22.0 Å². The number of thioether (sulfide) groups is 1. The third-order valence-corrected chi connectivity index (χ3v) is 6.70. The van der Waals surface area contributed by atoms with Gasteiger partial charge in [-0.05, 0) is 36.1 Å². The predicted molar refractivity (Wildman–Crippen MR) is 127 cm³/mol. The van der Waals surface area contributed by atoms with Crippen LogP contribution in [0.25, 0.3) is 11.4 Å². The number of carbonyl (C=O) groups is 1. The molecule has 0 aliphatic carbocycles. The maximum absolute atomic E-state index is 12.4. The first-order valence-corrected chi connectivity index (χ1v) is 12.6. The van der Waals surface area contributed by atoms with Gasteiger partial charge < -0.3 is 9.88 Å². The van der Waals surface area contributed by atoms with E-state index < -0.39 is 10.0 Å². The number of carbonyl (C=O) groups excluding carboxylic acids is 1. The first kappa shape index (κ1) is 24.0. The van der Waals surface area contributed by atoms with Gasteiger partial charge in [0, 0.05) is 17.8 Å². The van der Waals surface area contributed by atoms with Gasteiger partial charge in [-0.25, -0.2) is 13.6 Å². The number of primary sulfonamides is 1. The molecule has 0 aliphatic rings. The number of amides is 1. The second kappa shape index (κ2) is 9.43. The molecule has 0 aliphatic heterocycles. The van der Waals surface area contributed by atoms with Gasteiger partial charge in [0.1, 0.15) is 0 Å². The Bertz CT molecular complexity index is 1210. The molecule has 3 rings (SSSR count). The third-order valence-electron chi connectivity index (χ3n) is 4.82. The molecular weight excluding hydrogens is 446 g/mol. The Hall–Kier alpha value is -2.69. The highest BCUT2D eigenvalue weighted by Gasteiger charge is 2.17. The molecule has 3 aromatic rings. The highest BCUT2D eigenvalue weighted by Crippen LogP contribution is 2.27. The summed E-state index contributed by atoms with van der Waals surface area (Å²) in [6.07, 6.45) is 0. The highest BCUT2D eigenvalue weighted by atomic mass is 32.2. The Morgan fingerprint density at radius 1 is 1.12 bits per heavy atom. The summed E-state index contributed by atoms with van der Waals surface area (Å²) >= 11 is 1.27. The summed E-state index contributed by atoms with van der Waals surface area (Å²) in [5, 5.41) is 17.0. The molecule has 0 atom stereocenters. The van der Waals surface area contributed by atoms with Crippen LogP contribution in [-0.2, 0) is 26.8 Å². The first-order valence-electron chi connectivity index (χ1n) is 10.1. The van der Waals surface area contributed by atoms with E-state index in [4.69, 9.17) is 5.14 Å². The zero-order valence-corrected chi connectivity index (χ0v) is 20.1. The summed E-state index contributed by atoms with van der Waals surface area (Å²) in [7, 11) is -3.84. The van der Waals surface area contributed by atoms with Crippen LogP contribution in [0.5, 0.6) is 0 Å². The van der Waals surface area contributed by atoms with E-state index in [1.807, 2.05) is 23.6 Å². The number of nitrogens with one attached hydrogen (secondary N) is 1. The van der Waals surface area contributed by atoms with E-state index >= 15 is 0 Å². The Balaban J connectivity index is 1.70. The Kier molecular flexibility index (Phi) is 7.06. The number of sulfonamides is 1. The molecule has 0 unspecified atom stereocenters. The van der Waals surface area contributed by atoms with E-state index in [0.29, 0.717) is 17.4 Å². The van der Waals surface area contributed by atoms with E-state index in [9.17, 15) is 13.2 Å². The number of anilines is 1. The molecule has 10 heteroatoms. The van der Waals surface area contributed by atoms with E-state index in [2.05, 4.69) is 48.4 Å². The number of nitrogens with zero attached hydrogens (tertiary/aromatic N) is 3. The van der Waals surface area contributed by atoms with Crippen LogP contribution in [0.4, 0.5) is 5.69 Å². The molecule has 8 nitrogen and oxygen atoms in total. The zero-order chi connectivity index (χ0) is 23.5. The molecule has 3 N–H and O–H groups in total. The summed E-state index contributed by atoms with van der Waals surface area (Å²) in [4.78, 5) is 12.3. The fourth-order valence-electron chi connectivity index (χ4n) is 3.09. The summed E-state index contributed by atoms with van der Waals surface area (Å²) in [5.74, 6) is 0.556. The fourth-order valence-corrected chi connectivity index (χ4v) is 4.45. The lowest BCUT2D eigenvalue weighted by molar-refractivity contribution is -0.113. The van der Waals surface area contributed by atoms with Crippen molar-refractivity contribution in [1.29, 1.82) is 0 Å². The molecule has 0 bridgehead atoms. The van der Waals surface area contributed by atoms with Gasteiger partial charge in [-0.1, -0.05) is 62.9 Å². The zero-order valence-electron chi connectivity index (χ0n) is 18.5. The van der Waals surface area contributed by atoms with Crippen molar-refractivity contribution in [2.24, 2.45) is 5.14 Å². The van der Waals surface area contributed by atoms with E-state index in [1.54, 1.807) is 6.07 Å². The lowest BCUT2D eigenvalue weighted by atomic mass is 9.87. The van der Waals surface area contributed by atoms with Gasteiger partial charge >= 0.3 is 0 Å². The van der Waals surface area contributed by atoms with Crippen molar-refractivity contribution in [3.8, 4) is 11.4 Å². The smallest absolute Gasteiger partial charge is 0.238 e. The van der Waals surface area contributed by atoms with Crippen LogP contribution in [0, 0.1) is 0 Å². The van der Waals surface area contributed by atoms with Crippen molar-refractivity contribution in [2.45, 2.75) is 49.7 Å². The molecule has 0 saturated heterocycles. The maximum atomic E-state index is 12.4. The highest BCUT2D eigenvalue weighted by molar-refractivity contribution is 7.99. The Labute approximate surface area is 192 Å². The molecule has 170 valence electrons. The van der Waals surface area contributed by atoms with E-state index in [0.717, 1.165) is 11.4 Å². The van der Waals surface area contributed by atoms with Crippen LogP contribution in [0.3, 0.4) is 0 Å². The molecule has 1 amide bonds. The van der Waals surface area contributed by atoms with Crippen LogP contribution in [0.1, 0.15) is 33.3 Å². The minimum Gasteiger partial charge on any atom is -0.325 e. The summed E-state index contributed by atoms with van der Waals surface area (Å²) < 4.78 is 24.9. The van der Waals surface area contributed by atoms with Gasteiger partial charge in [0.2, 0.25) is 15.9 Å². The lowest BCUT2D eigenvalue weighted by Gasteiger charge is -2.19. The number of hydrogen-bond donors (Lipinski definition) is 2. The SMILES string of the molecule is CCn1c(SCC(=O)Nc2cccc(S(N)(=O)=O)c2)nnc1-c1ccc(C(C)(C)C)cc1. The predicted octanol–water partition coefficient (Wildman–Crippen LogP) is 3.64. The summed E-state index contributed by atoms with van der Waals surface area (Å²) in [5.41, 5.74) is 2.63. The second-order valence-corrected chi connectivity index (χ2v) is 10.8. The number of benzene rings is 2. The van der Waals surface area contributed by atoms with Gasteiger partial charge in [-0.15, -0.1) is 10.2 Å². The average Bonchev–Trinajstić information content (AvgIpc) is 3.14. The summed E-state index contributed by atoms with van der Waals surface area (Å²) in [6, 6.07) is 14.1. The standard InChI is InChI=1S/C22H27N5O3S2/c1-5-27-20(15-9-11-16(12-10-15)22(2,3)4)25-26-21(27)31-14-19(28)24-17-7-6-8-18(13-17)32(23,29)30/h6-13H,5,14H2,1-4H3,(H,24,28)(H2,23,29,30). The number of rotatable bonds is 7. The quantitative estimate of drug-likeness (QED) is 0.506. The van der Waals surface area contributed by atoms with Crippen LogP contribution in [-0.4, -0.2) is 34.8 Å². The third kappa shape index (κ3) is 5.76. The fraction of sp³-hybridized carbons (Fsp3) is 0.318. The van der Waals surface area contributed by atoms with Crippen LogP contribution in [0.15, 0.2) is 58.6 Å². The van der Waals surface area contributed by atoms with Crippen molar-refractivity contribution in [2.75, 3.05) is 11.1 Å². The van der Waals surface area contributed by atoms with Gasteiger partial charge in [-0.2, -0.15) is 0 Å². The molecule has 0 saturated carbocycles. The number of nitrogens with two attached hydrogens (primary N) is 1. The maximum Gasteiger partial charge on any atom is 0.238 e. The minimum atomic E-state index is -3.84. The van der Waals surface area contributed by atoms with Crippen molar-refractivity contribution < 1.29 is 13.2 Å². The molecule has 0 radical (unpaired) electrons. The van der Waals surface area contributed by atoms with Gasteiger partial charge in [0.05, 0.1) is 10.6 Å². The van der Waals surface area contributed by atoms with Gasteiger partial charge in [0.15, 0.2) is 11.0 Å². The van der Waals surface area contributed by atoms with Gasteiger partial charge in [-0.3, -0.25) is 4.79 Å². The number of hydrogen-bond acceptors (Lipinski definition) is 6. The normalized spacial score (nSPS) is 12.0. The molecule has 1 aromatic heterocycles. The topological polar surface area (TPSA) is 120 Å². The Morgan fingerprint density at radius 2 is 1.81 bits per heavy atom. The largest absolute Gasteiger partial charge is 0.325 e. The molecule has 0 fully saturated rings. The van der Waals surface area contributed by atoms with Crippen molar-refractivity contribution in [3.05, 3.63) is 54.1 Å². The molecular formula is C22H27N5O3S2. The molecule has 0 spiro atoms. The molecule has 32 heavy (non-hydrogen) atoms. The monoisotopic (exact) mass is 473 g/mol. The van der Waals surface area contributed by atoms with Crippen LogP contribution < -0.4 is 10.5 Å².